The molecule has 0 aliphatic rings. The number of hydrogen-bond acceptors (Lipinski definition) is 4. The number of hydrogen-bond donors (Lipinski definition) is 0. The Morgan fingerprint density at radius 2 is 1.54 bits per heavy atom. The molecule has 5 heteroatoms. The second-order valence-electron chi connectivity index (χ2n) is 6.10. The summed E-state index contributed by atoms with van der Waals surface area (Å²) in [5, 5.41) is 0. The third-order valence-electron chi connectivity index (χ3n) is 4.52. The zero-order valence-corrected chi connectivity index (χ0v) is 17.1. The highest BCUT2D eigenvalue weighted by Gasteiger charge is 2.32. The Balaban J connectivity index is 0.00000163. The summed E-state index contributed by atoms with van der Waals surface area (Å²) in [7, 11) is 1.17. The first-order chi connectivity index (χ1) is 12.4. The smallest absolute Gasteiger partial charge is 0.321 e. The van der Waals surface area contributed by atoms with E-state index in [2.05, 4.69) is 0 Å². The largest absolute Gasteiger partial charge is 0.465 e. The molecule has 26 heavy (non-hydrogen) atoms. The van der Waals surface area contributed by atoms with Crippen molar-refractivity contribution in [2.45, 2.75) is 40.5 Å². The molecule has 2 atom stereocenters. The zero-order valence-electron chi connectivity index (χ0n) is 16.0. The number of esters is 1. The van der Waals surface area contributed by atoms with Crippen molar-refractivity contribution in [3.8, 4) is 0 Å². The Labute approximate surface area is 157 Å². The second-order valence-corrected chi connectivity index (χ2v) is 6.10. The van der Waals surface area contributed by atoms with Crippen molar-refractivity contribution >= 4 is 20.9 Å². The average molecular weight is 373 g/mol. The van der Waals surface area contributed by atoms with Crippen LogP contribution in [0.2, 0.25) is 0 Å². The lowest BCUT2D eigenvalue weighted by Gasteiger charge is -2.19. The molecule has 0 aromatic heterocycles. The molecule has 0 aliphatic heterocycles. The van der Waals surface area contributed by atoms with Crippen molar-refractivity contribution in [1.82, 2.24) is 0 Å². The maximum atomic E-state index is 13.3. The number of carbonyl (C=O) groups excluding carboxylic acids is 2. The molecule has 4 nitrogen and oxygen atoms in total. The maximum Gasteiger partial charge on any atom is 0.321 e. The first kappa shape index (κ1) is 21.7. The van der Waals surface area contributed by atoms with Gasteiger partial charge in [-0.2, -0.15) is 0 Å². The molecule has 138 valence electrons. The average Bonchev–Trinajstić information content (AvgIpc) is 2.63. The summed E-state index contributed by atoms with van der Waals surface area (Å²) in [6, 6.07) is 11.1. The monoisotopic (exact) mass is 373 g/mol. The molecule has 2 aromatic rings. The molecule has 2 aromatic carbocycles. The Morgan fingerprint density at radius 3 is 2.08 bits per heavy atom. The molecule has 0 spiro atoms. The molecular formula is C21H26O4P+. The van der Waals surface area contributed by atoms with Crippen LogP contribution < -0.4 is 0 Å². The van der Waals surface area contributed by atoms with E-state index in [0.29, 0.717) is 11.1 Å². The van der Waals surface area contributed by atoms with E-state index in [9.17, 15) is 9.59 Å². The van der Waals surface area contributed by atoms with Crippen molar-refractivity contribution in [2.24, 2.45) is 0 Å². The van der Waals surface area contributed by atoms with E-state index < -0.39 is 11.9 Å². The number of rotatable bonds is 5. The van der Waals surface area contributed by atoms with Gasteiger partial charge in [0.25, 0.3) is 0 Å². The number of ether oxygens (including phenoxy) is 1. The van der Waals surface area contributed by atoms with Crippen LogP contribution in [0, 0.1) is 27.7 Å². The van der Waals surface area contributed by atoms with E-state index in [-0.39, 0.29) is 12.4 Å². The van der Waals surface area contributed by atoms with Gasteiger partial charge < -0.3 is 4.74 Å². The Hall–Kier alpha value is -2.32. The molecule has 0 aliphatic carbocycles. The summed E-state index contributed by atoms with van der Waals surface area (Å²) in [4.78, 5) is 25.8. The van der Waals surface area contributed by atoms with Gasteiger partial charge in [0.2, 0.25) is 0 Å². The van der Waals surface area contributed by atoms with E-state index in [1.165, 1.54) is 9.12 Å². The number of carbonyl (C=O) groups is 2. The van der Waals surface area contributed by atoms with E-state index >= 15 is 0 Å². The van der Waals surface area contributed by atoms with Gasteiger partial charge in [-0.05, 0) is 62.4 Å². The van der Waals surface area contributed by atoms with Gasteiger partial charge in [0.15, 0.2) is 5.78 Å². The number of benzene rings is 2. The predicted octanol–water partition coefficient (Wildman–Crippen LogP) is 4.66. The zero-order chi connectivity index (χ0) is 19.9. The quantitative estimate of drug-likeness (QED) is 0.331. The molecule has 0 heterocycles. The van der Waals surface area contributed by atoms with Gasteiger partial charge in [-0.15, -0.1) is 0 Å². The maximum absolute atomic E-state index is 13.3. The van der Waals surface area contributed by atoms with Crippen molar-refractivity contribution in [1.29, 1.82) is 0 Å². The normalized spacial score (nSPS) is 11.1. The molecule has 0 fully saturated rings. The summed E-state index contributed by atoms with van der Waals surface area (Å²) in [5.74, 6) is -1.62. The van der Waals surface area contributed by atoms with Crippen molar-refractivity contribution < 1.29 is 18.9 Å². The minimum atomic E-state index is -0.925. The molecule has 0 saturated heterocycles. The van der Waals surface area contributed by atoms with Crippen LogP contribution in [-0.4, -0.2) is 18.4 Å². The van der Waals surface area contributed by atoms with Crippen molar-refractivity contribution in [3.05, 3.63) is 69.8 Å². The lowest BCUT2D eigenvalue weighted by Crippen LogP contribution is -2.26. The number of aryl methyl sites for hydroxylation is 2. The summed E-state index contributed by atoms with van der Waals surface area (Å²) in [5.41, 5.74) is 5.35. The lowest BCUT2D eigenvalue weighted by atomic mass is 9.84. The third kappa shape index (κ3) is 4.64. The van der Waals surface area contributed by atoms with Gasteiger partial charge in [-0.3, -0.25) is 9.59 Å². The summed E-state index contributed by atoms with van der Waals surface area (Å²) >= 11 is 0. The van der Waals surface area contributed by atoms with E-state index in [4.69, 9.17) is 9.30 Å². The first-order valence-corrected chi connectivity index (χ1v) is 8.92. The molecule has 0 radical (unpaired) electrons. The van der Waals surface area contributed by atoms with Crippen LogP contribution in [0.4, 0.5) is 0 Å². The van der Waals surface area contributed by atoms with E-state index in [1.807, 2.05) is 52.0 Å². The van der Waals surface area contributed by atoms with E-state index in [0.717, 1.165) is 22.3 Å². The van der Waals surface area contributed by atoms with Crippen LogP contribution in [-0.2, 0) is 14.1 Å². The highest BCUT2D eigenvalue weighted by Crippen LogP contribution is 2.29. The Kier molecular flexibility index (Phi) is 8.34. The topological polar surface area (TPSA) is 60.4 Å². The first-order valence-electron chi connectivity index (χ1n) is 8.45. The summed E-state index contributed by atoms with van der Waals surface area (Å²) in [6.45, 7) is 9.89. The van der Waals surface area contributed by atoms with Gasteiger partial charge in [-0.1, -0.05) is 41.0 Å². The highest BCUT2D eigenvalue weighted by atomic mass is 31.0. The van der Waals surface area contributed by atoms with Crippen molar-refractivity contribution in [2.75, 3.05) is 6.61 Å². The van der Waals surface area contributed by atoms with Crippen LogP contribution >= 0.6 is 9.12 Å². The summed E-state index contributed by atoms with van der Waals surface area (Å²) < 4.78 is 13.3. The van der Waals surface area contributed by atoms with Gasteiger partial charge in [-0.25, -0.2) is 0 Å². The predicted molar refractivity (Wildman–Crippen MR) is 106 cm³/mol. The van der Waals surface area contributed by atoms with Crippen molar-refractivity contribution in [3.63, 3.8) is 0 Å². The van der Waals surface area contributed by atoms with Crippen LogP contribution in [0.3, 0.4) is 0 Å². The molecule has 0 saturated carbocycles. The molecule has 0 bridgehead atoms. The molecule has 0 amide bonds. The van der Waals surface area contributed by atoms with Crippen LogP contribution in [0.25, 0.3) is 0 Å². The SMILES string of the molecule is CCOC(=O)C(C(=O)c1c(C)cc(C)c(C)c1C)c1ccccc1.O=[PH2+]. The van der Waals surface area contributed by atoms with Crippen LogP contribution in [0.15, 0.2) is 36.4 Å². The Bertz CT molecular complexity index is 784. The van der Waals surface area contributed by atoms with Gasteiger partial charge in [0.1, 0.15) is 5.92 Å². The fourth-order valence-electron chi connectivity index (χ4n) is 3.07. The third-order valence-corrected chi connectivity index (χ3v) is 4.52. The molecule has 0 N–H and O–H groups in total. The van der Waals surface area contributed by atoms with Gasteiger partial charge in [0, 0.05) is 5.56 Å². The second kappa shape index (κ2) is 9.98. The fraction of sp³-hybridized carbons (Fsp3) is 0.333. The van der Waals surface area contributed by atoms with Gasteiger partial charge in [0.05, 0.1) is 6.61 Å². The van der Waals surface area contributed by atoms with E-state index in [1.54, 1.807) is 19.1 Å². The molecule has 2 rings (SSSR count). The number of ketones is 1. The Morgan fingerprint density at radius 1 is 0.962 bits per heavy atom. The standard InChI is InChI=1S/C21H24O3.H2OP/c1-6-24-21(23)19(17-10-8-7-9-11-17)20(22)18-14(3)12-13(2)15(4)16(18)5;1-2/h7-12,19H,6H2,1-5H3;2H2/q;+1. The highest BCUT2D eigenvalue weighted by molar-refractivity contribution is 7.00. The lowest BCUT2D eigenvalue weighted by molar-refractivity contribution is -0.143. The van der Waals surface area contributed by atoms with Crippen LogP contribution in [0.1, 0.15) is 51.0 Å². The fourth-order valence-corrected chi connectivity index (χ4v) is 3.07. The van der Waals surface area contributed by atoms with Crippen LogP contribution in [0.5, 0.6) is 0 Å². The minimum Gasteiger partial charge on any atom is -0.465 e. The number of Topliss-reactive ketones (excluding diaryl/α,β-unsaturated/α-hetero) is 1. The minimum absolute atomic E-state index is 0.197. The summed E-state index contributed by atoms with van der Waals surface area (Å²) in [6.07, 6.45) is 0. The van der Waals surface area contributed by atoms with Gasteiger partial charge >= 0.3 is 15.1 Å². The molecule has 2 unspecified atom stereocenters. The molecular weight excluding hydrogens is 347 g/mol.